The third-order valence-electron chi connectivity index (χ3n) is 25.0. The number of hydrogen-bond donors (Lipinski definition) is 0. The molecule has 2 nitrogen and oxygen atoms in total. The smallest absolute Gasteiger partial charge is 0.0776 e. The van der Waals surface area contributed by atoms with Crippen molar-refractivity contribution in [2.75, 3.05) is 9.80 Å². The van der Waals surface area contributed by atoms with Crippen molar-refractivity contribution < 1.29 is 0 Å². The second kappa shape index (κ2) is 28.0. The van der Waals surface area contributed by atoms with Crippen LogP contribution in [0.4, 0.5) is 34.1 Å². The van der Waals surface area contributed by atoms with Gasteiger partial charge < -0.3 is 9.80 Å². The Morgan fingerprint density at radius 2 is 0.510 bits per heavy atom. The van der Waals surface area contributed by atoms with Gasteiger partial charge in [0.2, 0.25) is 0 Å². The fourth-order valence-electron chi connectivity index (χ4n) is 18.6. The Hall–Kier alpha value is -6.73. The van der Waals surface area contributed by atoms with E-state index in [2.05, 4.69) is 290 Å². The lowest BCUT2D eigenvalue weighted by atomic mass is 9.79. The Morgan fingerprint density at radius 1 is 0.255 bits per heavy atom. The summed E-state index contributed by atoms with van der Waals surface area (Å²) in [5.74, 6) is 2.25. The second-order valence-electron chi connectivity index (χ2n) is 38.8. The Bertz CT molecular complexity index is 4610. The Kier molecular flexibility index (Phi) is 19.8. The highest BCUT2D eigenvalue weighted by molar-refractivity contribution is 6.89. The van der Waals surface area contributed by atoms with Gasteiger partial charge in [-0.05, 0) is 222 Å². The van der Waals surface area contributed by atoms with Gasteiger partial charge in [0.25, 0.3) is 0 Å². The summed E-state index contributed by atoms with van der Waals surface area (Å²) >= 11 is 0. The fourth-order valence-corrected chi connectivity index (χ4v) is 20.9. The van der Waals surface area contributed by atoms with Gasteiger partial charge in [-0.1, -0.05) is 319 Å². The highest BCUT2D eigenvalue weighted by Gasteiger charge is 2.35. The van der Waals surface area contributed by atoms with Crippen LogP contribution in [0, 0.1) is 0 Å². The average molecular weight is 1390 g/mol. The summed E-state index contributed by atoms with van der Waals surface area (Å²) in [6, 6.07) is 67.0. The lowest BCUT2D eigenvalue weighted by molar-refractivity contribution is 0.435. The lowest BCUT2D eigenvalue weighted by Crippen LogP contribution is -2.37. The van der Waals surface area contributed by atoms with Crippen molar-refractivity contribution in [1.82, 2.24) is 0 Å². The summed E-state index contributed by atoms with van der Waals surface area (Å²) in [7, 11) is -3.89. The summed E-state index contributed by atoms with van der Waals surface area (Å²) < 4.78 is 0. The molecular formula is C98H124N2Si2. The molecule has 0 aromatic heterocycles. The van der Waals surface area contributed by atoms with Crippen molar-refractivity contribution in [2.24, 2.45) is 0 Å². The normalized spacial score (nSPS) is 17.2. The van der Waals surface area contributed by atoms with Crippen LogP contribution in [0.2, 0.25) is 39.3 Å². The number of anilines is 6. The van der Waals surface area contributed by atoms with Crippen molar-refractivity contribution in [3.8, 4) is 11.1 Å². The van der Waals surface area contributed by atoms with E-state index in [9.17, 15) is 0 Å². The quantitative estimate of drug-likeness (QED) is 0.0838. The topological polar surface area (TPSA) is 6.48 Å². The molecule has 4 saturated carbocycles. The van der Waals surface area contributed by atoms with Gasteiger partial charge in [0, 0.05) is 44.3 Å². The molecule has 4 fully saturated rings. The van der Waals surface area contributed by atoms with Crippen molar-refractivity contribution in [1.29, 1.82) is 0 Å². The van der Waals surface area contributed by atoms with Crippen LogP contribution in [-0.2, 0) is 21.7 Å². The van der Waals surface area contributed by atoms with Crippen LogP contribution in [-0.4, -0.2) is 16.1 Å². The monoisotopic (exact) mass is 1380 g/mol. The Morgan fingerprint density at radius 3 is 0.824 bits per heavy atom. The van der Waals surface area contributed by atoms with E-state index in [-0.39, 0.29) is 21.7 Å². The molecule has 0 unspecified atom stereocenters. The van der Waals surface area contributed by atoms with Crippen LogP contribution in [0.1, 0.15) is 280 Å². The van der Waals surface area contributed by atoms with E-state index < -0.39 is 16.1 Å². The molecule has 0 radical (unpaired) electrons. The molecule has 4 heteroatoms. The first-order chi connectivity index (χ1) is 48.4. The predicted octanol–water partition coefficient (Wildman–Crippen LogP) is 29.4. The molecule has 4 aliphatic rings. The summed E-state index contributed by atoms with van der Waals surface area (Å²) in [6.45, 7) is 44.5. The molecule has 10 aromatic carbocycles. The van der Waals surface area contributed by atoms with Crippen molar-refractivity contribution >= 4 is 104 Å². The van der Waals surface area contributed by atoms with E-state index in [1.807, 2.05) is 0 Å². The van der Waals surface area contributed by atoms with Gasteiger partial charge in [0.15, 0.2) is 0 Å². The second-order valence-corrected chi connectivity index (χ2v) is 49.0. The van der Waals surface area contributed by atoms with Crippen LogP contribution in [0.3, 0.4) is 0 Å². The lowest BCUT2D eigenvalue weighted by Gasteiger charge is -2.36. The molecule has 0 spiro atoms. The minimum absolute atomic E-state index is 0.0849. The zero-order valence-corrected chi connectivity index (χ0v) is 68.4. The minimum Gasteiger partial charge on any atom is -0.309 e. The van der Waals surface area contributed by atoms with E-state index >= 15 is 0 Å². The summed E-state index contributed by atoms with van der Waals surface area (Å²) in [6.07, 6.45) is 26.1. The molecule has 0 bridgehead atoms. The molecule has 102 heavy (non-hydrogen) atoms. The minimum atomic E-state index is -1.95. The van der Waals surface area contributed by atoms with Crippen LogP contribution in [0.25, 0.3) is 54.2 Å². The van der Waals surface area contributed by atoms with E-state index in [1.54, 1.807) is 22.3 Å². The molecule has 534 valence electrons. The fraction of sp³-hybridized carbons (Fsp3) is 0.469. The van der Waals surface area contributed by atoms with Gasteiger partial charge >= 0.3 is 0 Å². The number of benzene rings is 10. The van der Waals surface area contributed by atoms with Gasteiger partial charge in [-0.25, -0.2) is 0 Å². The van der Waals surface area contributed by atoms with Crippen molar-refractivity contribution in [2.45, 2.75) is 296 Å². The highest BCUT2D eigenvalue weighted by Crippen LogP contribution is 2.56. The molecule has 0 heterocycles. The van der Waals surface area contributed by atoms with E-state index in [4.69, 9.17) is 0 Å². The Balaban J connectivity index is 1.15. The van der Waals surface area contributed by atoms with Crippen LogP contribution in [0.15, 0.2) is 158 Å². The van der Waals surface area contributed by atoms with E-state index in [1.165, 1.54) is 249 Å². The standard InChI is InChI=1S/C98H124N2Si2/c1-95(2,3)73-57-74(96(4,5)6)60-79(59-73)99(77-53-69(65-35-23-19-24-36-65)51-70(54-77)66-37-25-20-26-38-66)93-86-45-33-32-44-84(86)92(89-63-81(101(13,14)15)48-50-88(89)93)91-83-43-31-34-46-87(83)94(90-64-82(102(16,17)18)47-49-85(90)91)100(80-61-75(97(7,8)9)58-76(62-80)98(10,11)12)78-55-71(67-39-27-21-28-40-67)52-72(56-78)68-41-29-22-30-42-68/h31-34,43-68H,19-30,35-42H2,1-18H3. The maximum Gasteiger partial charge on any atom is 0.0776 e. The van der Waals surface area contributed by atoms with Crippen LogP contribution >= 0.6 is 0 Å². The van der Waals surface area contributed by atoms with E-state index in [0.717, 1.165) is 0 Å². The molecule has 4 aliphatic carbocycles. The molecule has 0 aliphatic heterocycles. The number of nitrogens with zero attached hydrogens (tertiary/aromatic N) is 2. The van der Waals surface area contributed by atoms with Crippen LogP contribution in [0.5, 0.6) is 0 Å². The molecule has 0 saturated heterocycles. The first-order valence-corrected chi connectivity index (χ1v) is 47.6. The SMILES string of the molecule is CC(C)(C)c1cc(N(c2cc(C3CCCCC3)cc(C3CCCCC3)c2)c2c3ccccc3c(-c3c4ccccc4c(N(c4cc(C5CCCCC5)cc(C5CCCCC5)c4)c4cc(C(C)(C)C)cc(C(C)(C)C)c4)c4cc([Si](C)(C)C)ccc34)c3cc([Si](C)(C)C)ccc23)cc(C(C)(C)C)c1. The molecular weight excluding hydrogens is 1260 g/mol. The number of rotatable bonds is 13. The maximum atomic E-state index is 2.84. The van der Waals surface area contributed by atoms with E-state index in [0.29, 0.717) is 23.7 Å². The zero-order valence-electron chi connectivity index (χ0n) is 66.4. The summed E-state index contributed by atoms with van der Waals surface area (Å²) in [4.78, 5) is 5.66. The van der Waals surface area contributed by atoms with Gasteiger partial charge in [-0.15, -0.1) is 0 Å². The Labute approximate surface area is 618 Å². The average Bonchev–Trinajstić information content (AvgIpc) is 0.701. The maximum absolute atomic E-state index is 2.84. The summed E-state index contributed by atoms with van der Waals surface area (Å²) in [5.41, 5.74) is 21.9. The van der Waals surface area contributed by atoms with Gasteiger partial charge in [-0.3, -0.25) is 0 Å². The molecule has 14 rings (SSSR count). The highest BCUT2D eigenvalue weighted by atomic mass is 28.3. The van der Waals surface area contributed by atoms with Gasteiger partial charge in [0.05, 0.1) is 27.5 Å². The molecule has 0 atom stereocenters. The van der Waals surface area contributed by atoms with Crippen LogP contribution < -0.4 is 20.2 Å². The first kappa shape index (κ1) is 72.2. The molecule has 10 aromatic rings. The zero-order chi connectivity index (χ0) is 72.0. The molecule has 0 amide bonds. The first-order valence-electron chi connectivity index (χ1n) is 40.6. The van der Waals surface area contributed by atoms with Crippen molar-refractivity contribution in [3.05, 3.63) is 202 Å². The number of hydrogen-bond acceptors (Lipinski definition) is 2. The van der Waals surface area contributed by atoms with Gasteiger partial charge in [-0.2, -0.15) is 0 Å². The van der Waals surface area contributed by atoms with Gasteiger partial charge in [0.1, 0.15) is 0 Å². The molecule has 0 N–H and O–H groups in total. The third kappa shape index (κ3) is 14.6. The number of fused-ring (bicyclic) bond motifs is 4. The van der Waals surface area contributed by atoms with Crippen molar-refractivity contribution in [3.63, 3.8) is 0 Å². The largest absolute Gasteiger partial charge is 0.309 e. The predicted molar refractivity (Wildman–Crippen MR) is 455 cm³/mol. The summed E-state index contributed by atoms with van der Waals surface area (Å²) in [5, 5.41) is 13.5. The third-order valence-corrected chi connectivity index (χ3v) is 29.1.